The number of hydrogen-bond acceptors (Lipinski definition) is 2. The van der Waals surface area contributed by atoms with Crippen LogP contribution in [0.2, 0.25) is 0 Å². The molecule has 2 nitrogen and oxygen atoms in total. The van der Waals surface area contributed by atoms with Crippen molar-refractivity contribution in [2.75, 3.05) is 13.1 Å². The van der Waals surface area contributed by atoms with Gasteiger partial charge in [-0.15, -0.1) is 0 Å². The van der Waals surface area contributed by atoms with E-state index in [0.717, 1.165) is 32.5 Å². The number of nitrogens with zero attached hydrogens (tertiary/aromatic N) is 1. The van der Waals surface area contributed by atoms with E-state index in [2.05, 4.69) is 72.5 Å². The van der Waals surface area contributed by atoms with Crippen LogP contribution in [-0.4, -0.2) is 24.0 Å². The normalized spacial score (nSPS) is 26.0. The molecule has 0 aliphatic carbocycles. The molecule has 3 rings (SSSR count). The van der Waals surface area contributed by atoms with Gasteiger partial charge in [-0.2, -0.15) is 0 Å². The second-order valence-electron chi connectivity index (χ2n) is 6.61. The van der Waals surface area contributed by atoms with Gasteiger partial charge < -0.3 is 5.73 Å². The van der Waals surface area contributed by atoms with E-state index in [4.69, 9.17) is 5.73 Å². The van der Waals surface area contributed by atoms with Gasteiger partial charge in [0.05, 0.1) is 0 Å². The van der Waals surface area contributed by atoms with Gasteiger partial charge in [-0.05, 0) is 37.4 Å². The minimum atomic E-state index is 0.147. The SMILES string of the molecule is C[C@H]1C[C@@](CN)(c2ccccc2)CCN1Cc1ccccc1. The van der Waals surface area contributed by atoms with Gasteiger partial charge in [0.15, 0.2) is 0 Å². The van der Waals surface area contributed by atoms with Crippen molar-refractivity contribution in [3.63, 3.8) is 0 Å². The number of benzene rings is 2. The van der Waals surface area contributed by atoms with Gasteiger partial charge in [-0.25, -0.2) is 0 Å². The van der Waals surface area contributed by atoms with E-state index in [1.807, 2.05) is 0 Å². The van der Waals surface area contributed by atoms with Crippen LogP contribution in [0.3, 0.4) is 0 Å². The second kappa shape index (κ2) is 6.64. The average Bonchev–Trinajstić information content (AvgIpc) is 2.58. The first-order valence-corrected chi connectivity index (χ1v) is 8.27. The van der Waals surface area contributed by atoms with Crippen LogP contribution in [-0.2, 0) is 12.0 Å². The van der Waals surface area contributed by atoms with Gasteiger partial charge in [0.1, 0.15) is 0 Å². The third kappa shape index (κ3) is 3.08. The molecular weight excluding hydrogens is 268 g/mol. The molecule has 0 bridgehead atoms. The highest BCUT2D eigenvalue weighted by atomic mass is 15.2. The molecule has 0 unspecified atom stereocenters. The molecule has 0 radical (unpaired) electrons. The summed E-state index contributed by atoms with van der Waals surface area (Å²) >= 11 is 0. The minimum Gasteiger partial charge on any atom is -0.330 e. The van der Waals surface area contributed by atoms with Gasteiger partial charge in [0, 0.05) is 24.5 Å². The lowest BCUT2D eigenvalue weighted by atomic mass is 9.70. The minimum absolute atomic E-state index is 0.147. The Morgan fingerprint density at radius 3 is 2.27 bits per heavy atom. The summed E-state index contributed by atoms with van der Waals surface area (Å²) in [5, 5.41) is 0. The molecule has 2 aromatic carbocycles. The van der Waals surface area contributed by atoms with Gasteiger partial charge in [0.25, 0.3) is 0 Å². The second-order valence-corrected chi connectivity index (χ2v) is 6.61. The fourth-order valence-corrected chi connectivity index (χ4v) is 3.78. The fraction of sp³-hybridized carbons (Fsp3) is 0.400. The molecule has 2 heteroatoms. The third-order valence-corrected chi connectivity index (χ3v) is 5.19. The van der Waals surface area contributed by atoms with Crippen LogP contribution in [0, 0.1) is 0 Å². The molecule has 2 N–H and O–H groups in total. The van der Waals surface area contributed by atoms with Crippen molar-refractivity contribution in [2.24, 2.45) is 5.73 Å². The van der Waals surface area contributed by atoms with E-state index < -0.39 is 0 Å². The summed E-state index contributed by atoms with van der Waals surface area (Å²) in [5.41, 5.74) is 9.16. The molecule has 1 heterocycles. The molecule has 0 amide bonds. The molecule has 0 saturated carbocycles. The van der Waals surface area contributed by atoms with Crippen molar-refractivity contribution in [1.82, 2.24) is 4.90 Å². The summed E-state index contributed by atoms with van der Waals surface area (Å²) in [6.07, 6.45) is 2.28. The zero-order valence-electron chi connectivity index (χ0n) is 13.4. The predicted octanol–water partition coefficient (Wildman–Crippen LogP) is 3.57. The van der Waals surface area contributed by atoms with Crippen LogP contribution in [0.1, 0.15) is 30.9 Å². The van der Waals surface area contributed by atoms with E-state index in [1.165, 1.54) is 11.1 Å². The standard InChI is InChI=1S/C20H26N2/c1-17-14-20(16-21,19-10-6-3-7-11-19)12-13-22(17)15-18-8-4-2-5-9-18/h2-11,17H,12-16,21H2,1H3/t17-,20-/m0/s1. The van der Waals surface area contributed by atoms with E-state index >= 15 is 0 Å². The van der Waals surface area contributed by atoms with Crippen molar-refractivity contribution in [3.05, 3.63) is 71.8 Å². The molecule has 116 valence electrons. The Hall–Kier alpha value is -1.64. The Bertz CT molecular complexity index is 581. The Morgan fingerprint density at radius 1 is 1.05 bits per heavy atom. The van der Waals surface area contributed by atoms with Crippen molar-refractivity contribution < 1.29 is 0 Å². The zero-order chi connectivity index (χ0) is 15.4. The number of hydrogen-bond donors (Lipinski definition) is 1. The van der Waals surface area contributed by atoms with Gasteiger partial charge >= 0.3 is 0 Å². The molecule has 0 aromatic heterocycles. The lowest BCUT2D eigenvalue weighted by Crippen LogP contribution is -2.50. The molecule has 2 aromatic rings. The summed E-state index contributed by atoms with van der Waals surface area (Å²) < 4.78 is 0. The van der Waals surface area contributed by atoms with E-state index in [0.29, 0.717) is 6.04 Å². The highest BCUT2D eigenvalue weighted by molar-refractivity contribution is 5.27. The first-order chi connectivity index (χ1) is 10.7. The van der Waals surface area contributed by atoms with Crippen LogP contribution in [0.5, 0.6) is 0 Å². The number of piperidine rings is 1. The van der Waals surface area contributed by atoms with E-state index in [9.17, 15) is 0 Å². The predicted molar refractivity (Wildman–Crippen MR) is 92.7 cm³/mol. The molecule has 22 heavy (non-hydrogen) atoms. The van der Waals surface area contributed by atoms with Crippen LogP contribution in [0.25, 0.3) is 0 Å². The first kappa shape index (κ1) is 15.3. The summed E-state index contributed by atoms with van der Waals surface area (Å²) in [5.74, 6) is 0. The highest BCUT2D eigenvalue weighted by Crippen LogP contribution is 2.37. The number of rotatable bonds is 4. The summed E-state index contributed by atoms with van der Waals surface area (Å²) in [6.45, 7) is 5.23. The zero-order valence-corrected chi connectivity index (χ0v) is 13.4. The first-order valence-electron chi connectivity index (χ1n) is 8.27. The third-order valence-electron chi connectivity index (χ3n) is 5.19. The maximum Gasteiger partial charge on any atom is 0.0236 e. The molecule has 1 aliphatic heterocycles. The van der Waals surface area contributed by atoms with Crippen LogP contribution < -0.4 is 5.73 Å². The summed E-state index contributed by atoms with van der Waals surface area (Å²) in [7, 11) is 0. The fourth-order valence-electron chi connectivity index (χ4n) is 3.78. The maximum absolute atomic E-state index is 6.21. The van der Waals surface area contributed by atoms with Crippen LogP contribution >= 0.6 is 0 Å². The molecule has 0 spiro atoms. The molecule has 1 aliphatic rings. The van der Waals surface area contributed by atoms with Crippen LogP contribution in [0.15, 0.2) is 60.7 Å². The Morgan fingerprint density at radius 2 is 1.68 bits per heavy atom. The lowest BCUT2D eigenvalue weighted by Gasteiger charge is -2.45. The van der Waals surface area contributed by atoms with Gasteiger partial charge in [0.2, 0.25) is 0 Å². The van der Waals surface area contributed by atoms with Crippen molar-refractivity contribution in [3.8, 4) is 0 Å². The summed E-state index contributed by atoms with van der Waals surface area (Å²) in [4.78, 5) is 2.59. The van der Waals surface area contributed by atoms with E-state index in [1.54, 1.807) is 0 Å². The lowest BCUT2D eigenvalue weighted by molar-refractivity contribution is 0.0985. The number of likely N-dealkylation sites (tertiary alicyclic amines) is 1. The number of nitrogens with two attached hydrogens (primary N) is 1. The van der Waals surface area contributed by atoms with Crippen LogP contribution in [0.4, 0.5) is 0 Å². The monoisotopic (exact) mass is 294 g/mol. The average molecular weight is 294 g/mol. The maximum atomic E-state index is 6.21. The molecular formula is C20H26N2. The molecule has 2 atom stereocenters. The van der Waals surface area contributed by atoms with Gasteiger partial charge in [-0.3, -0.25) is 4.90 Å². The quantitative estimate of drug-likeness (QED) is 0.934. The Labute approximate surface area is 134 Å². The Balaban J connectivity index is 1.73. The van der Waals surface area contributed by atoms with E-state index in [-0.39, 0.29) is 5.41 Å². The highest BCUT2D eigenvalue weighted by Gasteiger charge is 2.38. The topological polar surface area (TPSA) is 29.3 Å². The molecule has 1 saturated heterocycles. The van der Waals surface area contributed by atoms with Crippen molar-refractivity contribution in [1.29, 1.82) is 0 Å². The molecule has 1 fully saturated rings. The smallest absolute Gasteiger partial charge is 0.0236 e. The largest absolute Gasteiger partial charge is 0.330 e. The van der Waals surface area contributed by atoms with Crippen molar-refractivity contribution in [2.45, 2.75) is 37.8 Å². The summed E-state index contributed by atoms with van der Waals surface area (Å²) in [6, 6.07) is 22.2. The van der Waals surface area contributed by atoms with Crippen molar-refractivity contribution >= 4 is 0 Å². The van der Waals surface area contributed by atoms with Gasteiger partial charge in [-0.1, -0.05) is 60.7 Å². The Kier molecular flexibility index (Phi) is 4.60.